The molecule has 2 rings (SSSR count). The van der Waals surface area contributed by atoms with E-state index in [0.717, 1.165) is 19.5 Å². The number of phenols is 1. The highest BCUT2D eigenvalue weighted by Crippen LogP contribution is 2.35. The summed E-state index contributed by atoms with van der Waals surface area (Å²) in [5.74, 6) is 0.403. The van der Waals surface area contributed by atoms with Crippen LogP contribution in [0.2, 0.25) is 0 Å². The van der Waals surface area contributed by atoms with Crippen molar-refractivity contribution in [1.82, 2.24) is 10.2 Å². The Balaban J connectivity index is 2.08. The molecule has 0 aromatic heterocycles. The molecule has 4 nitrogen and oxygen atoms in total. The van der Waals surface area contributed by atoms with E-state index >= 15 is 0 Å². The van der Waals surface area contributed by atoms with Gasteiger partial charge in [-0.15, -0.1) is 0 Å². The number of hydrogen-bond donors (Lipinski definition) is 2. The minimum atomic E-state index is -0.292. The average molecular weight is 262 g/mol. The number of aromatic hydroxyl groups is 1. The Morgan fingerprint density at radius 2 is 2.05 bits per heavy atom. The highest BCUT2D eigenvalue weighted by atomic mass is 16.3. The first-order valence-electron chi connectivity index (χ1n) is 6.71. The lowest BCUT2D eigenvalue weighted by Crippen LogP contribution is -2.39. The molecule has 1 aromatic carbocycles. The van der Waals surface area contributed by atoms with Crippen LogP contribution >= 0.6 is 0 Å². The number of nitrogens with zero attached hydrogens (tertiary/aromatic N) is 1. The van der Waals surface area contributed by atoms with Crippen LogP contribution in [-0.2, 0) is 4.79 Å². The van der Waals surface area contributed by atoms with Gasteiger partial charge in [0.15, 0.2) is 0 Å². The minimum Gasteiger partial charge on any atom is -0.508 e. The van der Waals surface area contributed by atoms with Crippen LogP contribution in [0, 0.1) is 5.41 Å². The lowest BCUT2D eigenvalue weighted by molar-refractivity contribution is -0.129. The summed E-state index contributed by atoms with van der Waals surface area (Å²) in [4.78, 5) is 14.2. The molecule has 1 heterocycles. The minimum absolute atomic E-state index is 0.118. The maximum atomic E-state index is 11.9. The Morgan fingerprint density at radius 1 is 1.42 bits per heavy atom. The molecule has 19 heavy (non-hydrogen) atoms. The van der Waals surface area contributed by atoms with Crippen LogP contribution in [-0.4, -0.2) is 36.1 Å². The molecule has 1 amide bonds. The number of benzene rings is 1. The molecule has 104 valence electrons. The van der Waals surface area contributed by atoms with Gasteiger partial charge >= 0.3 is 0 Å². The molecule has 1 aliphatic heterocycles. The molecular weight excluding hydrogens is 240 g/mol. The number of amides is 1. The van der Waals surface area contributed by atoms with Crippen LogP contribution in [0.1, 0.15) is 31.9 Å². The van der Waals surface area contributed by atoms with E-state index in [9.17, 15) is 9.90 Å². The first-order valence-corrected chi connectivity index (χ1v) is 6.71. The Labute approximate surface area is 114 Å². The fourth-order valence-corrected chi connectivity index (χ4v) is 2.78. The molecule has 0 aliphatic carbocycles. The quantitative estimate of drug-likeness (QED) is 0.875. The third kappa shape index (κ3) is 2.73. The zero-order chi connectivity index (χ0) is 14.0. The number of hydrogen-bond acceptors (Lipinski definition) is 3. The number of nitrogens with one attached hydrogen (secondary N) is 1. The van der Waals surface area contributed by atoms with Crippen LogP contribution in [0.25, 0.3) is 0 Å². The van der Waals surface area contributed by atoms with Gasteiger partial charge in [-0.2, -0.15) is 0 Å². The molecule has 1 aromatic rings. The monoisotopic (exact) mass is 262 g/mol. The third-order valence-electron chi connectivity index (χ3n) is 4.20. The van der Waals surface area contributed by atoms with E-state index in [4.69, 9.17) is 0 Å². The molecule has 4 heteroatoms. The van der Waals surface area contributed by atoms with Gasteiger partial charge in [-0.25, -0.2) is 0 Å². The molecule has 0 bridgehead atoms. The van der Waals surface area contributed by atoms with Crippen LogP contribution < -0.4 is 5.32 Å². The van der Waals surface area contributed by atoms with Gasteiger partial charge in [-0.3, -0.25) is 9.69 Å². The molecule has 1 saturated heterocycles. The predicted octanol–water partition coefficient (Wildman–Crippen LogP) is 1.91. The van der Waals surface area contributed by atoms with Crippen molar-refractivity contribution in [3.63, 3.8) is 0 Å². The predicted molar refractivity (Wildman–Crippen MR) is 74.9 cm³/mol. The summed E-state index contributed by atoms with van der Waals surface area (Å²) in [5.41, 5.74) is 0.874. The normalized spacial score (nSPS) is 25.2. The number of carbonyl (C=O) groups is 1. The second kappa shape index (κ2) is 5.21. The molecule has 0 spiro atoms. The van der Waals surface area contributed by atoms with Crippen LogP contribution in [0.4, 0.5) is 0 Å². The van der Waals surface area contributed by atoms with E-state index in [1.807, 2.05) is 19.1 Å². The third-order valence-corrected chi connectivity index (χ3v) is 4.20. The summed E-state index contributed by atoms with van der Waals surface area (Å²) in [5, 5.41) is 12.1. The zero-order valence-electron chi connectivity index (χ0n) is 11.8. The van der Waals surface area contributed by atoms with Crippen molar-refractivity contribution in [2.24, 2.45) is 5.41 Å². The number of likely N-dealkylation sites (tertiary alicyclic amines) is 1. The van der Waals surface area contributed by atoms with Gasteiger partial charge in [0.2, 0.25) is 5.91 Å². The molecule has 1 fully saturated rings. The van der Waals surface area contributed by atoms with Crippen molar-refractivity contribution in [2.45, 2.75) is 26.3 Å². The van der Waals surface area contributed by atoms with E-state index in [1.54, 1.807) is 19.2 Å². The Bertz CT molecular complexity index is 458. The summed E-state index contributed by atoms with van der Waals surface area (Å²) in [7, 11) is 1.69. The van der Waals surface area contributed by atoms with Crippen molar-refractivity contribution in [3.05, 3.63) is 29.8 Å². The second-order valence-corrected chi connectivity index (χ2v) is 5.63. The van der Waals surface area contributed by atoms with E-state index in [2.05, 4.69) is 17.1 Å². The summed E-state index contributed by atoms with van der Waals surface area (Å²) in [6.07, 6.45) is 0.884. The van der Waals surface area contributed by atoms with Crippen molar-refractivity contribution in [3.8, 4) is 5.75 Å². The summed E-state index contributed by atoms with van der Waals surface area (Å²) >= 11 is 0. The Morgan fingerprint density at radius 3 is 2.63 bits per heavy atom. The van der Waals surface area contributed by atoms with Crippen molar-refractivity contribution >= 4 is 5.91 Å². The first kappa shape index (κ1) is 13.9. The average Bonchev–Trinajstić information content (AvgIpc) is 2.82. The first-order chi connectivity index (χ1) is 8.96. The smallest absolute Gasteiger partial charge is 0.227 e. The lowest BCUT2D eigenvalue weighted by atomic mass is 9.89. The van der Waals surface area contributed by atoms with Crippen LogP contribution in [0.15, 0.2) is 24.3 Å². The Kier molecular flexibility index (Phi) is 3.80. The fraction of sp³-hybridized carbons (Fsp3) is 0.533. The van der Waals surface area contributed by atoms with Crippen LogP contribution in [0.3, 0.4) is 0 Å². The number of phenolic OH excluding ortho intramolecular Hbond substituents is 1. The van der Waals surface area contributed by atoms with E-state index in [0.29, 0.717) is 0 Å². The second-order valence-electron chi connectivity index (χ2n) is 5.63. The molecule has 0 radical (unpaired) electrons. The molecule has 0 saturated carbocycles. The molecule has 1 aliphatic rings. The van der Waals surface area contributed by atoms with Crippen molar-refractivity contribution in [2.75, 3.05) is 20.1 Å². The molecule has 2 N–H and O–H groups in total. The highest BCUT2D eigenvalue weighted by Gasteiger charge is 2.41. The van der Waals surface area contributed by atoms with Crippen LogP contribution in [0.5, 0.6) is 5.75 Å². The van der Waals surface area contributed by atoms with Crippen molar-refractivity contribution < 1.29 is 9.90 Å². The van der Waals surface area contributed by atoms with Gasteiger partial charge in [0, 0.05) is 19.6 Å². The summed E-state index contributed by atoms with van der Waals surface area (Å²) in [6, 6.07) is 7.55. The standard InChI is InChI=1S/C15H22N2O2/c1-11(12-4-6-13(18)7-5-12)17-9-8-15(2,10-17)14(19)16-3/h4-7,11,18H,8-10H2,1-3H3,(H,16,19). The fourth-order valence-electron chi connectivity index (χ4n) is 2.78. The number of carbonyl (C=O) groups excluding carboxylic acids is 1. The highest BCUT2D eigenvalue weighted by molar-refractivity contribution is 5.82. The van der Waals surface area contributed by atoms with Gasteiger partial charge in [-0.1, -0.05) is 12.1 Å². The van der Waals surface area contributed by atoms with Gasteiger partial charge in [0.25, 0.3) is 0 Å². The summed E-state index contributed by atoms with van der Waals surface area (Å²) < 4.78 is 0. The molecule has 2 unspecified atom stereocenters. The van der Waals surface area contributed by atoms with E-state index in [-0.39, 0.29) is 23.1 Å². The summed E-state index contributed by atoms with van der Waals surface area (Å²) in [6.45, 7) is 5.86. The molecular formula is C15H22N2O2. The van der Waals surface area contributed by atoms with E-state index < -0.39 is 0 Å². The SMILES string of the molecule is CNC(=O)C1(C)CCN(C(C)c2ccc(O)cc2)C1. The largest absolute Gasteiger partial charge is 0.508 e. The lowest BCUT2D eigenvalue weighted by Gasteiger charge is -2.27. The molecule has 2 atom stereocenters. The van der Waals surface area contributed by atoms with Crippen molar-refractivity contribution in [1.29, 1.82) is 0 Å². The van der Waals surface area contributed by atoms with Gasteiger partial charge < -0.3 is 10.4 Å². The maximum absolute atomic E-state index is 11.9. The zero-order valence-corrected chi connectivity index (χ0v) is 11.8. The topological polar surface area (TPSA) is 52.6 Å². The van der Waals surface area contributed by atoms with E-state index in [1.165, 1.54) is 5.56 Å². The number of rotatable bonds is 3. The maximum Gasteiger partial charge on any atom is 0.227 e. The Hall–Kier alpha value is -1.55. The van der Waals surface area contributed by atoms with Gasteiger partial charge in [0.05, 0.1) is 5.41 Å². The van der Waals surface area contributed by atoms with Gasteiger partial charge in [-0.05, 0) is 44.5 Å². The van der Waals surface area contributed by atoms with Gasteiger partial charge in [0.1, 0.15) is 5.75 Å².